The number of oxazole rings is 1. The molecule has 0 radical (unpaired) electrons. The minimum atomic E-state index is -0.939. The molecule has 32 heavy (non-hydrogen) atoms. The fourth-order valence-electron chi connectivity index (χ4n) is 3.60. The average molecular weight is 460 g/mol. The van der Waals surface area contributed by atoms with Gasteiger partial charge in [0.2, 0.25) is 0 Å². The molecule has 1 N–H and O–H groups in total. The Morgan fingerprint density at radius 2 is 2.03 bits per heavy atom. The maximum atomic E-state index is 11.5. The van der Waals surface area contributed by atoms with Gasteiger partial charge in [-0.15, -0.1) is 11.3 Å². The third-order valence-corrected chi connectivity index (χ3v) is 6.25. The summed E-state index contributed by atoms with van der Waals surface area (Å²) in [6, 6.07) is 5.91. The third kappa shape index (κ3) is 5.70. The van der Waals surface area contributed by atoms with Crippen molar-refractivity contribution >= 4 is 27.4 Å². The summed E-state index contributed by atoms with van der Waals surface area (Å²) >= 11 is 1.60. The molecule has 7 heteroatoms. The van der Waals surface area contributed by atoms with Gasteiger partial charge in [0, 0.05) is 34.9 Å². The Kier molecular flexibility index (Phi) is 7.96. The van der Waals surface area contributed by atoms with E-state index in [-0.39, 0.29) is 5.41 Å². The molecule has 2 aromatic heterocycles. The van der Waals surface area contributed by atoms with Crippen LogP contribution in [0.25, 0.3) is 10.1 Å². The van der Waals surface area contributed by atoms with Gasteiger partial charge in [-0.25, -0.2) is 9.78 Å². The highest BCUT2D eigenvalue weighted by atomic mass is 32.1. The molecule has 0 aliphatic carbocycles. The van der Waals surface area contributed by atoms with E-state index in [1.165, 1.54) is 0 Å². The number of aliphatic carboxylic acids is 1. The summed E-state index contributed by atoms with van der Waals surface area (Å²) in [5, 5.41) is 12.4. The smallest absolute Gasteiger partial charge is 0.333 e. The molecule has 0 bridgehead atoms. The normalized spacial score (nSPS) is 12.9. The molecule has 2 heterocycles. The van der Waals surface area contributed by atoms with E-state index in [1.54, 1.807) is 18.3 Å². The summed E-state index contributed by atoms with van der Waals surface area (Å²) in [7, 11) is 0. The monoisotopic (exact) mass is 459 g/mol. The number of carboxylic acid groups (broad SMARTS) is 1. The summed E-state index contributed by atoms with van der Waals surface area (Å²) in [6.07, 6.45) is 1.97. The van der Waals surface area contributed by atoms with Crippen molar-refractivity contribution in [2.24, 2.45) is 0 Å². The van der Waals surface area contributed by atoms with Gasteiger partial charge in [0.1, 0.15) is 11.5 Å². The number of hydrogen-bond donors (Lipinski definition) is 1. The lowest BCUT2D eigenvalue weighted by molar-refractivity contribution is -0.149. The van der Waals surface area contributed by atoms with Crippen LogP contribution in [0.2, 0.25) is 0 Å². The number of hydrogen-bond acceptors (Lipinski definition) is 6. The topological polar surface area (TPSA) is 81.8 Å². The largest absolute Gasteiger partial charge is 0.493 e. The molecule has 0 saturated carbocycles. The summed E-state index contributed by atoms with van der Waals surface area (Å²) in [6.45, 7) is 11.1. The molecule has 6 nitrogen and oxygen atoms in total. The molecule has 3 aromatic rings. The SMILES string of the molecule is CCOC(Cc1ccc(OCCCc2nc(C(C)(C)C)oc2CC)c2ccsc12)C(=O)O. The molecule has 0 aliphatic heterocycles. The standard InChI is InChI=1S/C25H33NO5S/c1-6-19-18(26-24(31-19)25(3,4)5)9-8-13-30-20-11-10-16(22-17(20)12-14-32-22)15-21(23(27)28)29-7-2/h10-12,14,21H,6-9,13,15H2,1-5H3,(H,27,28). The Balaban J connectivity index is 1.65. The number of ether oxygens (including phenoxy) is 2. The van der Waals surface area contributed by atoms with Gasteiger partial charge in [0.05, 0.1) is 12.3 Å². The van der Waals surface area contributed by atoms with E-state index in [9.17, 15) is 9.90 Å². The van der Waals surface area contributed by atoms with Gasteiger partial charge >= 0.3 is 5.97 Å². The van der Waals surface area contributed by atoms with Crippen LogP contribution in [0.15, 0.2) is 28.0 Å². The molecule has 174 valence electrons. The quantitative estimate of drug-likeness (QED) is 0.365. The highest BCUT2D eigenvalue weighted by Crippen LogP contribution is 2.34. The van der Waals surface area contributed by atoms with Crippen molar-refractivity contribution in [2.75, 3.05) is 13.2 Å². The lowest BCUT2D eigenvalue weighted by Gasteiger charge is -2.14. The Hall–Kier alpha value is -2.38. The second kappa shape index (κ2) is 10.5. The number of benzene rings is 1. The Bertz CT molecular complexity index is 1050. The molecule has 0 fully saturated rings. The van der Waals surface area contributed by atoms with Crippen LogP contribution < -0.4 is 4.74 Å². The molecule has 0 saturated heterocycles. The van der Waals surface area contributed by atoms with Crippen LogP contribution in [0.5, 0.6) is 5.75 Å². The minimum absolute atomic E-state index is 0.104. The number of carbonyl (C=O) groups is 1. The lowest BCUT2D eigenvalue weighted by atomic mass is 9.97. The van der Waals surface area contributed by atoms with Crippen molar-refractivity contribution in [2.45, 2.75) is 71.8 Å². The molecular formula is C25H33NO5S. The fourth-order valence-corrected chi connectivity index (χ4v) is 4.53. The number of aromatic nitrogens is 1. The van der Waals surface area contributed by atoms with E-state index in [0.29, 0.717) is 19.6 Å². The predicted molar refractivity (Wildman–Crippen MR) is 127 cm³/mol. The third-order valence-electron chi connectivity index (χ3n) is 5.26. The van der Waals surface area contributed by atoms with Crippen LogP contribution in [-0.2, 0) is 34.2 Å². The summed E-state index contributed by atoms with van der Waals surface area (Å²) in [5.41, 5.74) is 1.88. The molecule has 1 unspecified atom stereocenters. The maximum Gasteiger partial charge on any atom is 0.333 e. The first-order chi connectivity index (χ1) is 15.2. The van der Waals surface area contributed by atoms with Crippen molar-refractivity contribution in [3.05, 3.63) is 46.5 Å². The van der Waals surface area contributed by atoms with E-state index in [2.05, 4.69) is 27.7 Å². The Labute approximate surface area is 193 Å². The van der Waals surface area contributed by atoms with E-state index >= 15 is 0 Å². The first-order valence-corrected chi connectivity index (χ1v) is 12.1. The van der Waals surface area contributed by atoms with Gasteiger partial charge in [-0.2, -0.15) is 0 Å². The molecule has 1 aromatic carbocycles. The number of fused-ring (bicyclic) bond motifs is 1. The summed E-state index contributed by atoms with van der Waals surface area (Å²) in [5.74, 6) is 1.62. The van der Waals surface area contributed by atoms with Crippen LogP contribution >= 0.6 is 11.3 Å². The first-order valence-electron chi connectivity index (χ1n) is 11.2. The lowest BCUT2D eigenvalue weighted by Crippen LogP contribution is -2.26. The van der Waals surface area contributed by atoms with Crippen molar-refractivity contribution in [1.82, 2.24) is 4.98 Å². The molecule has 3 rings (SSSR count). The van der Waals surface area contributed by atoms with Crippen LogP contribution in [0.4, 0.5) is 0 Å². The second-order valence-electron chi connectivity index (χ2n) is 8.82. The van der Waals surface area contributed by atoms with E-state index in [4.69, 9.17) is 18.9 Å². The number of rotatable bonds is 11. The van der Waals surface area contributed by atoms with Crippen molar-refractivity contribution in [3.8, 4) is 5.75 Å². The zero-order chi connectivity index (χ0) is 23.3. The van der Waals surface area contributed by atoms with Gasteiger partial charge in [0.15, 0.2) is 12.0 Å². The summed E-state index contributed by atoms with van der Waals surface area (Å²) < 4.78 is 18.5. The van der Waals surface area contributed by atoms with Crippen molar-refractivity contribution in [1.29, 1.82) is 0 Å². The highest BCUT2D eigenvalue weighted by molar-refractivity contribution is 7.17. The van der Waals surface area contributed by atoms with Gasteiger partial charge < -0.3 is 19.0 Å². The number of carboxylic acids is 1. The number of nitrogens with zero attached hydrogens (tertiary/aromatic N) is 1. The Morgan fingerprint density at radius 1 is 1.25 bits per heavy atom. The van der Waals surface area contributed by atoms with Gasteiger partial charge in [-0.3, -0.25) is 0 Å². The molecule has 0 aliphatic rings. The zero-order valence-electron chi connectivity index (χ0n) is 19.6. The van der Waals surface area contributed by atoms with Crippen LogP contribution in [0.3, 0.4) is 0 Å². The molecule has 1 atom stereocenters. The zero-order valence-corrected chi connectivity index (χ0v) is 20.4. The minimum Gasteiger partial charge on any atom is -0.493 e. The van der Waals surface area contributed by atoms with E-state index in [1.807, 2.05) is 23.6 Å². The average Bonchev–Trinajstić information content (AvgIpc) is 3.39. The number of aryl methyl sites for hydroxylation is 2. The van der Waals surface area contributed by atoms with E-state index in [0.717, 1.165) is 58.0 Å². The van der Waals surface area contributed by atoms with Crippen molar-refractivity contribution in [3.63, 3.8) is 0 Å². The fraction of sp³-hybridized carbons (Fsp3) is 0.520. The van der Waals surface area contributed by atoms with Crippen molar-refractivity contribution < 1.29 is 23.8 Å². The molecular weight excluding hydrogens is 426 g/mol. The van der Waals surface area contributed by atoms with Crippen LogP contribution in [-0.4, -0.2) is 35.4 Å². The number of thiophene rings is 1. The maximum absolute atomic E-state index is 11.5. The first kappa shape index (κ1) is 24.3. The molecule has 0 spiro atoms. The van der Waals surface area contributed by atoms with Crippen LogP contribution in [0, 0.1) is 0 Å². The van der Waals surface area contributed by atoms with E-state index < -0.39 is 12.1 Å². The Morgan fingerprint density at radius 3 is 2.69 bits per heavy atom. The molecule has 0 amide bonds. The second-order valence-corrected chi connectivity index (χ2v) is 9.73. The van der Waals surface area contributed by atoms with Gasteiger partial charge in [-0.05, 0) is 42.8 Å². The summed E-state index contributed by atoms with van der Waals surface area (Å²) in [4.78, 5) is 16.2. The highest BCUT2D eigenvalue weighted by Gasteiger charge is 2.23. The predicted octanol–water partition coefficient (Wildman–Crippen LogP) is 5.79. The van der Waals surface area contributed by atoms with Gasteiger partial charge in [0.25, 0.3) is 0 Å². The van der Waals surface area contributed by atoms with Crippen LogP contribution in [0.1, 0.15) is 63.9 Å². The van der Waals surface area contributed by atoms with Gasteiger partial charge in [-0.1, -0.05) is 33.8 Å².